The van der Waals surface area contributed by atoms with Crippen LogP contribution in [0.4, 0.5) is 5.69 Å². The Balaban J connectivity index is 2.15. The third-order valence-electron chi connectivity index (χ3n) is 4.95. The minimum absolute atomic E-state index is 0.0287. The van der Waals surface area contributed by atoms with E-state index in [4.69, 9.17) is 21.7 Å². The van der Waals surface area contributed by atoms with Gasteiger partial charge >= 0.3 is 5.69 Å². The van der Waals surface area contributed by atoms with E-state index in [0.29, 0.717) is 35.7 Å². The lowest BCUT2D eigenvalue weighted by Crippen LogP contribution is -2.47. The van der Waals surface area contributed by atoms with Crippen LogP contribution in [-0.2, 0) is 4.79 Å². The van der Waals surface area contributed by atoms with E-state index in [0.717, 1.165) is 18.5 Å². The molecule has 0 aromatic heterocycles. The van der Waals surface area contributed by atoms with Crippen molar-refractivity contribution in [1.82, 2.24) is 10.2 Å². The van der Waals surface area contributed by atoms with Crippen molar-refractivity contribution in [3.63, 3.8) is 0 Å². The van der Waals surface area contributed by atoms with Crippen molar-refractivity contribution in [2.75, 3.05) is 20.8 Å². The molecule has 1 unspecified atom stereocenters. The molecule has 0 fully saturated rings. The SMILES string of the molecule is CCCOc1c(OC)cc(C2NC(=S)N(C)C3=C2C(=O)CCC3)cc1[N+](=O)[O-]. The molecule has 1 aromatic rings. The van der Waals surface area contributed by atoms with Crippen molar-refractivity contribution in [1.29, 1.82) is 0 Å². The molecule has 2 aliphatic rings. The van der Waals surface area contributed by atoms with Crippen molar-refractivity contribution in [3.05, 3.63) is 39.1 Å². The Morgan fingerprint density at radius 2 is 2.14 bits per heavy atom. The van der Waals surface area contributed by atoms with Crippen LogP contribution in [0.3, 0.4) is 0 Å². The summed E-state index contributed by atoms with van der Waals surface area (Å²) in [6, 6.07) is 2.56. The zero-order chi connectivity index (χ0) is 20.4. The van der Waals surface area contributed by atoms with Crippen molar-refractivity contribution >= 4 is 28.8 Å². The number of methoxy groups -OCH3 is 1. The second kappa shape index (κ2) is 8.14. The van der Waals surface area contributed by atoms with Gasteiger partial charge in [0.25, 0.3) is 0 Å². The molecule has 3 rings (SSSR count). The second-order valence-corrected chi connectivity index (χ2v) is 7.14. The van der Waals surface area contributed by atoms with Gasteiger partial charge in [0.2, 0.25) is 5.75 Å². The van der Waals surface area contributed by atoms with Crippen molar-refractivity contribution in [2.24, 2.45) is 0 Å². The van der Waals surface area contributed by atoms with Crippen LogP contribution in [0.1, 0.15) is 44.2 Å². The normalized spacial score (nSPS) is 19.2. The number of carbonyl (C=O) groups is 1. The Hall–Kier alpha value is -2.68. The summed E-state index contributed by atoms with van der Waals surface area (Å²) in [6.45, 7) is 2.25. The van der Waals surface area contributed by atoms with Crippen LogP contribution in [0, 0.1) is 10.1 Å². The highest BCUT2D eigenvalue weighted by Crippen LogP contribution is 2.43. The molecular weight excluding hydrogens is 382 g/mol. The average Bonchev–Trinajstić information content (AvgIpc) is 2.68. The third kappa shape index (κ3) is 3.54. The van der Waals surface area contributed by atoms with Crippen LogP contribution in [0.5, 0.6) is 11.5 Å². The molecule has 1 atom stereocenters. The van der Waals surface area contributed by atoms with E-state index >= 15 is 0 Å². The molecule has 150 valence electrons. The predicted molar refractivity (Wildman–Crippen MR) is 108 cm³/mol. The molecule has 9 heteroatoms. The van der Waals surface area contributed by atoms with Gasteiger partial charge in [-0.2, -0.15) is 0 Å². The molecular formula is C19H23N3O5S. The molecule has 0 amide bonds. The highest BCUT2D eigenvalue weighted by Gasteiger charge is 2.37. The second-order valence-electron chi connectivity index (χ2n) is 6.76. The number of carbonyl (C=O) groups excluding carboxylic acids is 1. The minimum Gasteiger partial charge on any atom is -0.493 e. The number of Topliss-reactive ketones (excluding diaryl/α,β-unsaturated/α-hetero) is 1. The molecule has 0 saturated carbocycles. The van der Waals surface area contributed by atoms with Gasteiger partial charge in [0, 0.05) is 30.8 Å². The number of rotatable bonds is 6. The van der Waals surface area contributed by atoms with Crippen molar-refractivity contribution in [3.8, 4) is 11.5 Å². The first-order valence-electron chi connectivity index (χ1n) is 9.18. The number of hydrogen-bond donors (Lipinski definition) is 1. The molecule has 28 heavy (non-hydrogen) atoms. The Labute approximate surface area is 168 Å². The lowest BCUT2D eigenvalue weighted by molar-refractivity contribution is -0.386. The number of hydrogen-bond acceptors (Lipinski definition) is 6. The number of nitro benzene ring substituents is 1. The first-order chi connectivity index (χ1) is 13.4. The molecule has 1 aliphatic carbocycles. The van der Waals surface area contributed by atoms with E-state index < -0.39 is 11.0 Å². The summed E-state index contributed by atoms with van der Waals surface area (Å²) in [6.07, 6.45) is 2.67. The van der Waals surface area contributed by atoms with Gasteiger partial charge < -0.3 is 19.7 Å². The lowest BCUT2D eigenvalue weighted by atomic mass is 9.84. The first kappa shape index (κ1) is 20.1. The van der Waals surface area contributed by atoms with E-state index in [9.17, 15) is 14.9 Å². The first-order valence-corrected chi connectivity index (χ1v) is 9.59. The molecule has 0 spiro atoms. The Morgan fingerprint density at radius 1 is 1.39 bits per heavy atom. The summed E-state index contributed by atoms with van der Waals surface area (Å²) in [5.41, 5.74) is 1.84. The number of ether oxygens (including phenoxy) is 2. The van der Waals surface area contributed by atoms with Crippen LogP contribution in [-0.4, -0.2) is 41.5 Å². The largest absolute Gasteiger partial charge is 0.493 e. The standard InChI is InChI=1S/C19H23N3O5S/c1-4-8-27-18-13(22(24)25)9-11(10-15(18)26-3)17-16-12(6-5-7-14(16)23)21(2)19(28)20-17/h9-10,17H,4-8H2,1-3H3,(H,20,28). The fourth-order valence-corrected chi connectivity index (χ4v) is 3.83. The van der Waals surface area contributed by atoms with Crippen molar-refractivity contribution < 1.29 is 19.2 Å². The van der Waals surface area contributed by atoms with Gasteiger partial charge in [-0.3, -0.25) is 14.9 Å². The molecule has 8 nitrogen and oxygen atoms in total. The molecule has 0 saturated heterocycles. The number of ketones is 1. The quantitative estimate of drug-likeness (QED) is 0.438. The Morgan fingerprint density at radius 3 is 2.79 bits per heavy atom. The number of benzene rings is 1. The minimum atomic E-state index is -0.556. The predicted octanol–water partition coefficient (Wildman–Crippen LogP) is 3.26. The number of nitrogens with zero attached hydrogens (tertiary/aromatic N) is 2. The summed E-state index contributed by atoms with van der Waals surface area (Å²) < 4.78 is 11.0. The fraction of sp³-hybridized carbons (Fsp3) is 0.474. The van der Waals surface area contributed by atoms with Crippen LogP contribution < -0.4 is 14.8 Å². The number of nitrogens with one attached hydrogen (secondary N) is 1. The maximum Gasteiger partial charge on any atom is 0.315 e. The topological polar surface area (TPSA) is 93.9 Å². The molecule has 1 aromatic carbocycles. The van der Waals surface area contributed by atoms with E-state index in [1.165, 1.54) is 13.2 Å². The Kier molecular flexibility index (Phi) is 5.83. The third-order valence-corrected chi connectivity index (χ3v) is 5.34. The summed E-state index contributed by atoms with van der Waals surface area (Å²) in [7, 11) is 3.26. The monoisotopic (exact) mass is 405 g/mol. The van der Waals surface area contributed by atoms with Gasteiger partial charge in [0.1, 0.15) is 0 Å². The van der Waals surface area contributed by atoms with Gasteiger partial charge in [0.05, 0.1) is 24.7 Å². The number of allylic oxidation sites excluding steroid dienone is 1. The van der Waals surface area contributed by atoms with Gasteiger partial charge in [-0.15, -0.1) is 0 Å². The van der Waals surface area contributed by atoms with Crippen LogP contribution >= 0.6 is 12.2 Å². The number of nitro groups is 1. The molecule has 1 N–H and O–H groups in total. The average molecular weight is 405 g/mol. The molecule has 0 bridgehead atoms. The summed E-state index contributed by atoms with van der Waals surface area (Å²) in [5, 5.41) is 15.3. The maximum atomic E-state index is 12.7. The van der Waals surface area contributed by atoms with E-state index in [1.807, 2.05) is 18.9 Å². The van der Waals surface area contributed by atoms with Crippen LogP contribution in [0.25, 0.3) is 0 Å². The summed E-state index contributed by atoms with van der Waals surface area (Å²) >= 11 is 5.42. The zero-order valence-electron chi connectivity index (χ0n) is 16.1. The summed E-state index contributed by atoms with van der Waals surface area (Å²) in [5.74, 6) is 0.383. The molecule has 1 aliphatic heterocycles. The van der Waals surface area contributed by atoms with E-state index in [2.05, 4.69) is 5.32 Å². The maximum absolute atomic E-state index is 12.7. The van der Waals surface area contributed by atoms with Gasteiger partial charge in [-0.1, -0.05) is 6.92 Å². The van der Waals surface area contributed by atoms with Crippen molar-refractivity contribution in [2.45, 2.75) is 38.6 Å². The fourth-order valence-electron chi connectivity index (χ4n) is 3.60. The van der Waals surface area contributed by atoms with Gasteiger partial charge in [-0.25, -0.2) is 0 Å². The highest BCUT2D eigenvalue weighted by molar-refractivity contribution is 7.80. The molecule has 1 heterocycles. The Bertz CT molecular complexity index is 867. The summed E-state index contributed by atoms with van der Waals surface area (Å²) in [4.78, 5) is 25.7. The van der Waals surface area contributed by atoms with Crippen LogP contribution in [0.2, 0.25) is 0 Å². The zero-order valence-corrected chi connectivity index (χ0v) is 16.9. The van der Waals surface area contributed by atoms with E-state index in [1.54, 1.807) is 6.07 Å². The van der Waals surface area contributed by atoms with Gasteiger partial charge in [-0.05, 0) is 43.1 Å². The number of thiocarbonyl (C=S) groups is 1. The highest BCUT2D eigenvalue weighted by atomic mass is 32.1. The lowest BCUT2D eigenvalue weighted by Gasteiger charge is -2.39. The van der Waals surface area contributed by atoms with Gasteiger partial charge in [0.15, 0.2) is 16.6 Å². The van der Waals surface area contributed by atoms with Crippen LogP contribution in [0.15, 0.2) is 23.4 Å². The smallest absolute Gasteiger partial charge is 0.315 e. The van der Waals surface area contributed by atoms with E-state index in [-0.39, 0.29) is 23.0 Å². The molecule has 0 radical (unpaired) electrons.